The SMILES string of the molecule is COCNC(=O)CCCCCOC1OC(COC(C)=O)C(OC(C)=O)C(O)C1C. The summed E-state index contributed by atoms with van der Waals surface area (Å²) in [6, 6.07) is 0. The molecular weight excluding hydrogens is 386 g/mol. The zero-order valence-electron chi connectivity index (χ0n) is 17.5. The summed E-state index contributed by atoms with van der Waals surface area (Å²) < 4.78 is 26.5. The molecule has 168 valence electrons. The predicted octanol–water partition coefficient (Wildman–Crippen LogP) is 0.500. The number of carbonyl (C=O) groups is 3. The Balaban J connectivity index is 2.45. The summed E-state index contributed by atoms with van der Waals surface area (Å²) in [6.45, 7) is 4.64. The van der Waals surface area contributed by atoms with Crippen LogP contribution in [0.25, 0.3) is 0 Å². The van der Waals surface area contributed by atoms with Crippen molar-refractivity contribution in [3.63, 3.8) is 0 Å². The minimum atomic E-state index is -1.03. The highest BCUT2D eigenvalue weighted by atomic mass is 16.7. The third-order valence-electron chi connectivity index (χ3n) is 4.48. The van der Waals surface area contributed by atoms with Gasteiger partial charge in [0.1, 0.15) is 25.5 Å². The number of methoxy groups -OCH3 is 1. The number of hydrogen-bond donors (Lipinski definition) is 2. The van der Waals surface area contributed by atoms with Gasteiger partial charge in [0.25, 0.3) is 0 Å². The summed E-state index contributed by atoms with van der Waals surface area (Å²) in [5.41, 5.74) is 0. The summed E-state index contributed by atoms with van der Waals surface area (Å²) in [6.07, 6.45) is -0.917. The molecule has 5 unspecified atom stereocenters. The van der Waals surface area contributed by atoms with Gasteiger partial charge in [0.15, 0.2) is 12.4 Å². The molecule has 1 rings (SSSR count). The average Bonchev–Trinajstić information content (AvgIpc) is 2.66. The van der Waals surface area contributed by atoms with Gasteiger partial charge < -0.3 is 34.1 Å². The van der Waals surface area contributed by atoms with Crippen LogP contribution in [0.5, 0.6) is 0 Å². The lowest BCUT2D eigenvalue weighted by atomic mass is 9.92. The lowest BCUT2D eigenvalue weighted by Gasteiger charge is -2.42. The van der Waals surface area contributed by atoms with E-state index < -0.39 is 42.5 Å². The van der Waals surface area contributed by atoms with Crippen LogP contribution >= 0.6 is 0 Å². The monoisotopic (exact) mass is 419 g/mol. The molecule has 10 heteroatoms. The Hall–Kier alpha value is -1.75. The fourth-order valence-electron chi connectivity index (χ4n) is 2.92. The van der Waals surface area contributed by atoms with E-state index in [1.807, 2.05) is 0 Å². The number of unbranched alkanes of at least 4 members (excludes halogenated alkanes) is 2. The van der Waals surface area contributed by atoms with Gasteiger partial charge in [-0.2, -0.15) is 0 Å². The number of nitrogens with one attached hydrogen (secondary N) is 1. The van der Waals surface area contributed by atoms with E-state index in [9.17, 15) is 19.5 Å². The molecule has 29 heavy (non-hydrogen) atoms. The van der Waals surface area contributed by atoms with Crippen LogP contribution in [0.15, 0.2) is 0 Å². The molecule has 1 aliphatic heterocycles. The third kappa shape index (κ3) is 9.53. The van der Waals surface area contributed by atoms with Crippen LogP contribution in [0.2, 0.25) is 0 Å². The van der Waals surface area contributed by atoms with E-state index in [1.54, 1.807) is 6.92 Å². The minimum Gasteiger partial charge on any atom is -0.463 e. The third-order valence-corrected chi connectivity index (χ3v) is 4.48. The van der Waals surface area contributed by atoms with Gasteiger partial charge in [-0.05, 0) is 12.8 Å². The summed E-state index contributed by atoms with van der Waals surface area (Å²) in [4.78, 5) is 33.9. The molecule has 2 N–H and O–H groups in total. The number of ether oxygens (including phenoxy) is 5. The molecule has 1 fully saturated rings. The standard InChI is InChI=1S/C19H33NO9/c1-12-17(24)18(28-14(3)22)15(10-27-13(2)21)29-19(12)26-9-7-5-6-8-16(23)20-11-25-4/h12,15,17-19,24H,5-11H2,1-4H3,(H,20,23). The van der Waals surface area contributed by atoms with Crippen LogP contribution < -0.4 is 5.32 Å². The molecule has 0 aromatic rings. The molecule has 0 aromatic heterocycles. The first-order valence-corrected chi connectivity index (χ1v) is 9.77. The van der Waals surface area contributed by atoms with Gasteiger partial charge in [-0.3, -0.25) is 14.4 Å². The zero-order chi connectivity index (χ0) is 21.8. The molecule has 0 spiro atoms. The number of aliphatic hydroxyl groups excluding tert-OH is 1. The summed E-state index contributed by atoms with van der Waals surface area (Å²) in [5.74, 6) is -1.58. The van der Waals surface area contributed by atoms with Gasteiger partial charge >= 0.3 is 11.9 Å². The number of rotatable bonds is 12. The predicted molar refractivity (Wildman–Crippen MR) is 100 cm³/mol. The maximum Gasteiger partial charge on any atom is 0.303 e. The van der Waals surface area contributed by atoms with Crippen LogP contribution in [-0.2, 0) is 38.1 Å². The quantitative estimate of drug-likeness (QED) is 0.264. The number of amides is 1. The Morgan fingerprint density at radius 1 is 1.10 bits per heavy atom. The second-order valence-electron chi connectivity index (χ2n) is 6.98. The van der Waals surface area contributed by atoms with Crippen molar-refractivity contribution in [3.05, 3.63) is 0 Å². The molecule has 1 aliphatic rings. The molecule has 10 nitrogen and oxygen atoms in total. The number of carbonyl (C=O) groups excluding carboxylic acids is 3. The second-order valence-corrected chi connectivity index (χ2v) is 6.98. The van der Waals surface area contributed by atoms with Crippen LogP contribution in [-0.4, -0.2) is 74.6 Å². The van der Waals surface area contributed by atoms with Crippen molar-refractivity contribution >= 4 is 17.8 Å². The van der Waals surface area contributed by atoms with Crippen molar-refractivity contribution in [1.29, 1.82) is 0 Å². The maximum absolute atomic E-state index is 11.5. The van der Waals surface area contributed by atoms with Gasteiger partial charge in [0.05, 0.1) is 0 Å². The van der Waals surface area contributed by atoms with E-state index in [4.69, 9.17) is 23.7 Å². The van der Waals surface area contributed by atoms with Crippen LogP contribution in [0.4, 0.5) is 0 Å². The first kappa shape index (κ1) is 25.3. The smallest absolute Gasteiger partial charge is 0.303 e. The Morgan fingerprint density at radius 2 is 1.83 bits per heavy atom. The Labute approximate surface area is 171 Å². The van der Waals surface area contributed by atoms with E-state index >= 15 is 0 Å². The Morgan fingerprint density at radius 3 is 2.45 bits per heavy atom. The number of esters is 2. The normalized spacial score (nSPS) is 26.6. The van der Waals surface area contributed by atoms with Gasteiger partial charge in [-0.15, -0.1) is 0 Å². The Bertz CT molecular complexity index is 528. The Kier molecular flexibility index (Phi) is 11.7. The topological polar surface area (TPSA) is 130 Å². The molecule has 1 amide bonds. The average molecular weight is 419 g/mol. The zero-order valence-corrected chi connectivity index (χ0v) is 17.5. The molecule has 0 saturated carbocycles. The maximum atomic E-state index is 11.5. The molecule has 0 bridgehead atoms. The van der Waals surface area contributed by atoms with Crippen molar-refractivity contribution in [1.82, 2.24) is 5.32 Å². The van der Waals surface area contributed by atoms with E-state index in [0.717, 1.165) is 6.42 Å². The van der Waals surface area contributed by atoms with Gasteiger partial charge in [-0.25, -0.2) is 0 Å². The van der Waals surface area contributed by atoms with Crippen LogP contribution in [0.3, 0.4) is 0 Å². The van der Waals surface area contributed by atoms with E-state index in [0.29, 0.717) is 25.9 Å². The second kappa shape index (κ2) is 13.5. The van der Waals surface area contributed by atoms with Crippen molar-refractivity contribution in [2.24, 2.45) is 5.92 Å². The highest BCUT2D eigenvalue weighted by Crippen LogP contribution is 2.29. The fraction of sp³-hybridized carbons (Fsp3) is 0.842. The van der Waals surface area contributed by atoms with E-state index in [1.165, 1.54) is 21.0 Å². The van der Waals surface area contributed by atoms with Crippen LogP contribution in [0.1, 0.15) is 46.5 Å². The van der Waals surface area contributed by atoms with Crippen LogP contribution in [0, 0.1) is 5.92 Å². The van der Waals surface area contributed by atoms with Crippen molar-refractivity contribution in [2.75, 3.05) is 27.1 Å². The largest absolute Gasteiger partial charge is 0.463 e. The lowest BCUT2D eigenvalue weighted by molar-refractivity contribution is -0.286. The van der Waals surface area contributed by atoms with Gasteiger partial charge in [0.2, 0.25) is 5.91 Å². The van der Waals surface area contributed by atoms with Crippen molar-refractivity contribution in [3.8, 4) is 0 Å². The summed E-state index contributed by atoms with van der Waals surface area (Å²) in [7, 11) is 1.51. The van der Waals surface area contributed by atoms with E-state index in [-0.39, 0.29) is 19.2 Å². The molecule has 1 heterocycles. The van der Waals surface area contributed by atoms with Gasteiger partial charge in [0, 0.05) is 39.9 Å². The van der Waals surface area contributed by atoms with Crippen molar-refractivity contribution < 1.29 is 43.2 Å². The highest BCUT2D eigenvalue weighted by molar-refractivity contribution is 5.75. The lowest BCUT2D eigenvalue weighted by Crippen LogP contribution is -2.57. The number of hydrogen-bond acceptors (Lipinski definition) is 9. The summed E-state index contributed by atoms with van der Waals surface area (Å²) >= 11 is 0. The first-order chi connectivity index (χ1) is 13.8. The first-order valence-electron chi connectivity index (χ1n) is 9.77. The van der Waals surface area contributed by atoms with Gasteiger partial charge in [-0.1, -0.05) is 13.3 Å². The fourth-order valence-corrected chi connectivity index (χ4v) is 2.92. The molecule has 5 atom stereocenters. The highest BCUT2D eigenvalue weighted by Gasteiger charge is 2.46. The molecule has 0 aromatic carbocycles. The summed E-state index contributed by atoms with van der Waals surface area (Å²) in [5, 5.41) is 13.1. The van der Waals surface area contributed by atoms with Crippen molar-refractivity contribution in [2.45, 2.75) is 71.1 Å². The van der Waals surface area contributed by atoms with E-state index in [2.05, 4.69) is 5.32 Å². The molecule has 0 radical (unpaired) electrons. The minimum absolute atomic E-state index is 0.0649. The number of aliphatic hydroxyl groups is 1. The molecule has 0 aliphatic carbocycles. The molecule has 1 saturated heterocycles. The molecular formula is C19H33NO9.